The molecule has 1 aromatic heterocycles. The van der Waals surface area contributed by atoms with Gasteiger partial charge < -0.3 is 19.7 Å². The molecule has 7 nitrogen and oxygen atoms in total. The van der Waals surface area contributed by atoms with Crippen LogP contribution in [-0.2, 0) is 16.0 Å². The molecule has 1 unspecified atom stereocenters. The van der Waals surface area contributed by atoms with E-state index in [-0.39, 0.29) is 0 Å². The number of carboxylic acid groups (broad SMARTS) is 1. The van der Waals surface area contributed by atoms with Gasteiger partial charge in [0.2, 0.25) is 0 Å². The third kappa shape index (κ3) is 7.52. The SMILES string of the molecule is CC(C)(C)OC(=O)NCCCC(Cc1cn([C@H]2CC[C@H](C)CC2)cn1)C(=O)O. The van der Waals surface area contributed by atoms with Crippen LogP contribution < -0.4 is 5.32 Å². The normalized spacial score (nSPS) is 21.1. The lowest BCUT2D eigenvalue weighted by Crippen LogP contribution is -2.33. The van der Waals surface area contributed by atoms with Crippen LogP contribution in [0.2, 0.25) is 0 Å². The monoisotopic (exact) mass is 393 g/mol. The lowest BCUT2D eigenvalue weighted by molar-refractivity contribution is -0.142. The van der Waals surface area contributed by atoms with Crippen LogP contribution in [0.1, 0.15) is 78.0 Å². The zero-order valence-electron chi connectivity index (χ0n) is 17.6. The predicted molar refractivity (Wildman–Crippen MR) is 107 cm³/mol. The molecule has 28 heavy (non-hydrogen) atoms. The quantitative estimate of drug-likeness (QED) is 0.646. The molecule has 0 saturated heterocycles. The first-order chi connectivity index (χ1) is 13.1. The lowest BCUT2D eigenvalue weighted by Gasteiger charge is -2.26. The fourth-order valence-electron chi connectivity index (χ4n) is 3.64. The van der Waals surface area contributed by atoms with Gasteiger partial charge in [-0.1, -0.05) is 6.92 Å². The molecular weight excluding hydrogens is 358 g/mol. The van der Waals surface area contributed by atoms with Gasteiger partial charge in [-0.05, 0) is 65.2 Å². The summed E-state index contributed by atoms with van der Waals surface area (Å²) in [5, 5.41) is 12.2. The second-order valence-electron chi connectivity index (χ2n) is 9.04. The van der Waals surface area contributed by atoms with E-state index >= 15 is 0 Å². The number of rotatable bonds is 8. The number of aromatic nitrogens is 2. The van der Waals surface area contributed by atoms with E-state index < -0.39 is 23.6 Å². The summed E-state index contributed by atoms with van der Waals surface area (Å²) in [5.41, 5.74) is 0.286. The van der Waals surface area contributed by atoms with E-state index in [1.165, 1.54) is 12.8 Å². The predicted octanol–water partition coefficient (Wildman–Crippen LogP) is 4.18. The molecule has 0 bridgehead atoms. The zero-order chi connectivity index (χ0) is 20.7. The number of hydrogen-bond donors (Lipinski definition) is 2. The molecule has 1 aliphatic rings. The van der Waals surface area contributed by atoms with Crippen molar-refractivity contribution < 1.29 is 19.4 Å². The van der Waals surface area contributed by atoms with Crippen molar-refractivity contribution >= 4 is 12.1 Å². The number of ether oxygens (including phenoxy) is 1. The Hall–Kier alpha value is -2.05. The van der Waals surface area contributed by atoms with E-state index in [9.17, 15) is 14.7 Å². The molecule has 0 aliphatic heterocycles. The minimum absolute atomic E-state index is 0.396. The maximum atomic E-state index is 11.6. The average molecular weight is 394 g/mol. The van der Waals surface area contributed by atoms with Crippen LogP contribution in [-0.4, -0.2) is 38.9 Å². The third-order valence-electron chi connectivity index (χ3n) is 5.26. The van der Waals surface area contributed by atoms with Crippen LogP contribution >= 0.6 is 0 Å². The summed E-state index contributed by atoms with van der Waals surface area (Å²) in [5.74, 6) is -0.529. The van der Waals surface area contributed by atoms with E-state index in [1.54, 1.807) is 20.8 Å². The van der Waals surface area contributed by atoms with Gasteiger partial charge in [0, 0.05) is 25.2 Å². The van der Waals surface area contributed by atoms with Crippen molar-refractivity contribution in [3.63, 3.8) is 0 Å². The highest BCUT2D eigenvalue weighted by atomic mass is 16.6. The number of imidazole rings is 1. The van der Waals surface area contributed by atoms with Crippen molar-refractivity contribution in [3.8, 4) is 0 Å². The lowest BCUT2D eigenvalue weighted by atomic mass is 9.87. The van der Waals surface area contributed by atoms with Crippen molar-refractivity contribution in [2.75, 3.05) is 6.54 Å². The number of nitrogens with zero attached hydrogens (tertiary/aromatic N) is 2. The molecule has 158 valence electrons. The molecule has 0 aromatic carbocycles. The van der Waals surface area contributed by atoms with Gasteiger partial charge in [-0.25, -0.2) is 9.78 Å². The Morgan fingerprint density at radius 1 is 1.32 bits per heavy atom. The van der Waals surface area contributed by atoms with Gasteiger partial charge in [-0.2, -0.15) is 0 Å². The highest BCUT2D eigenvalue weighted by Crippen LogP contribution is 2.31. The van der Waals surface area contributed by atoms with E-state index in [2.05, 4.69) is 21.8 Å². The Balaban J connectivity index is 1.78. The maximum absolute atomic E-state index is 11.6. The molecule has 2 rings (SSSR count). The van der Waals surface area contributed by atoms with Crippen LogP contribution in [0.25, 0.3) is 0 Å². The summed E-state index contributed by atoms with van der Waals surface area (Å²) >= 11 is 0. The van der Waals surface area contributed by atoms with Gasteiger partial charge in [-0.15, -0.1) is 0 Å². The summed E-state index contributed by atoms with van der Waals surface area (Å²) < 4.78 is 7.33. The molecule has 1 heterocycles. The standard InChI is InChI=1S/C21H35N3O4/c1-15-7-9-18(10-8-15)24-13-17(23-14-24)12-16(19(25)26)6-5-11-22-20(27)28-21(2,3)4/h13-16,18H,5-12H2,1-4H3,(H,22,27)(H,25,26)/t15-,16?,18-. The smallest absolute Gasteiger partial charge is 0.407 e. The highest BCUT2D eigenvalue weighted by Gasteiger charge is 2.22. The minimum Gasteiger partial charge on any atom is -0.481 e. The topological polar surface area (TPSA) is 93.5 Å². The van der Waals surface area contributed by atoms with Gasteiger partial charge in [0.25, 0.3) is 0 Å². The fourth-order valence-corrected chi connectivity index (χ4v) is 3.64. The molecule has 1 atom stereocenters. The Kier molecular flexibility index (Phi) is 7.89. The van der Waals surface area contributed by atoms with Crippen LogP contribution in [0.3, 0.4) is 0 Å². The van der Waals surface area contributed by atoms with Crippen LogP contribution in [0.4, 0.5) is 4.79 Å². The molecule has 1 saturated carbocycles. The van der Waals surface area contributed by atoms with Crippen molar-refractivity contribution in [3.05, 3.63) is 18.2 Å². The molecule has 2 N–H and O–H groups in total. The average Bonchev–Trinajstić information content (AvgIpc) is 3.05. The number of nitrogens with one attached hydrogen (secondary N) is 1. The zero-order valence-corrected chi connectivity index (χ0v) is 17.6. The molecule has 7 heteroatoms. The van der Waals surface area contributed by atoms with E-state index in [0.717, 1.165) is 24.5 Å². The Morgan fingerprint density at radius 2 is 2.00 bits per heavy atom. The van der Waals surface area contributed by atoms with Crippen LogP contribution in [0, 0.1) is 11.8 Å². The summed E-state index contributed by atoms with van der Waals surface area (Å²) in [4.78, 5) is 27.7. The van der Waals surface area contributed by atoms with Crippen LogP contribution in [0.5, 0.6) is 0 Å². The van der Waals surface area contributed by atoms with Gasteiger partial charge in [0.1, 0.15) is 5.60 Å². The first kappa shape index (κ1) is 22.2. The second-order valence-corrected chi connectivity index (χ2v) is 9.04. The van der Waals surface area contributed by atoms with Crippen molar-refractivity contribution in [2.24, 2.45) is 11.8 Å². The number of hydrogen-bond acceptors (Lipinski definition) is 4. The second kappa shape index (κ2) is 9.94. The summed E-state index contributed by atoms with van der Waals surface area (Å²) in [7, 11) is 0. The maximum Gasteiger partial charge on any atom is 0.407 e. The van der Waals surface area contributed by atoms with Gasteiger partial charge in [0.05, 0.1) is 17.9 Å². The molecule has 1 amide bonds. The van der Waals surface area contributed by atoms with Crippen molar-refractivity contribution in [1.82, 2.24) is 14.9 Å². The van der Waals surface area contributed by atoms with Crippen molar-refractivity contribution in [1.29, 1.82) is 0 Å². The summed E-state index contributed by atoms with van der Waals surface area (Å²) in [6.07, 6.45) is 9.66. The van der Waals surface area contributed by atoms with Crippen LogP contribution in [0.15, 0.2) is 12.5 Å². The number of alkyl carbamates (subject to hydrolysis) is 1. The van der Waals surface area contributed by atoms with Gasteiger partial charge >= 0.3 is 12.1 Å². The molecule has 0 radical (unpaired) electrons. The molecular formula is C21H35N3O4. The highest BCUT2D eigenvalue weighted by molar-refractivity contribution is 5.70. The van der Waals surface area contributed by atoms with E-state index in [1.807, 2.05) is 12.5 Å². The van der Waals surface area contributed by atoms with Crippen molar-refractivity contribution in [2.45, 2.75) is 84.3 Å². The molecule has 1 aromatic rings. The number of carbonyl (C=O) groups excluding carboxylic acids is 1. The number of carboxylic acids is 1. The molecule has 1 fully saturated rings. The summed E-state index contributed by atoms with van der Waals surface area (Å²) in [6, 6.07) is 0.485. The Bertz CT molecular complexity index is 642. The number of carbonyl (C=O) groups is 2. The first-order valence-corrected chi connectivity index (χ1v) is 10.4. The fraction of sp³-hybridized carbons (Fsp3) is 0.762. The largest absolute Gasteiger partial charge is 0.481 e. The minimum atomic E-state index is -0.821. The molecule has 1 aliphatic carbocycles. The number of aliphatic carboxylic acids is 1. The van der Waals surface area contributed by atoms with E-state index in [0.29, 0.717) is 31.8 Å². The Morgan fingerprint density at radius 3 is 2.61 bits per heavy atom. The Labute approximate surface area is 167 Å². The van der Waals surface area contributed by atoms with Gasteiger partial charge in [-0.3, -0.25) is 4.79 Å². The summed E-state index contributed by atoms with van der Waals surface area (Å²) in [6.45, 7) is 8.11. The van der Waals surface area contributed by atoms with Gasteiger partial charge in [0.15, 0.2) is 0 Å². The number of amides is 1. The van der Waals surface area contributed by atoms with E-state index in [4.69, 9.17) is 4.74 Å². The third-order valence-corrected chi connectivity index (χ3v) is 5.26. The first-order valence-electron chi connectivity index (χ1n) is 10.4. The molecule has 0 spiro atoms.